The molecule has 0 aromatic heterocycles. The lowest BCUT2D eigenvalue weighted by molar-refractivity contribution is -0.121. The molecular formula is C20H32N2O3S. The predicted molar refractivity (Wildman–Crippen MR) is 104 cm³/mol. The summed E-state index contributed by atoms with van der Waals surface area (Å²) in [4.78, 5) is 12.7. The maximum absolute atomic E-state index is 13.2. The molecule has 0 spiro atoms. The number of aryl methyl sites for hydroxylation is 1. The second-order valence-electron chi connectivity index (χ2n) is 7.69. The number of nitrogens with zero attached hydrogens (tertiary/aromatic N) is 1. The molecule has 1 amide bonds. The fourth-order valence-corrected chi connectivity index (χ4v) is 4.96. The molecule has 6 heteroatoms. The van der Waals surface area contributed by atoms with Crippen LogP contribution in [0.4, 0.5) is 0 Å². The van der Waals surface area contributed by atoms with Crippen LogP contribution < -0.4 is 5.32 Å². The number of hydrogen-bond donors (Lipinski definition) is 1. The van der Waals surface area contributed by atoms with Gasteiger partial charge in [-0.05, 0) is 44.2 Å². The van der Waals surface area contributed by atoms with Crippen LogP contribution in [0, 0.1) is 12.8 Å². The van der Waals surface area contributed by atoms with Gasteiger partial charge in [0.2, 0.25) is 15.9 Å². The molecule has 26 heavy (non-hydrogen) atoms. The number of nitrogens with one attached hydrogen (secondary N) is 1. The Kier molecular flexibility index (Phi) is 7.65. The first kappa shape index (κ1) is 20.9. The van der Waals surface area contributed by atoms with Gasteiger partial charge in [-0.25, -0.2) is 8.42 Å². The number of amides is 1. The second-order valence-corrected chi connectivity index (χ2v) is 9.58. The number of sulfonamides is 1. The number of carbonyl (C=O) groups excluding carboxylic acids is 1. The molecule has 2 rings (SSSR count). The van der Waals surface area contributed by atoms with E-state index in [4.69, 9.17) is 0 Å². The minimum Gasteiger partial charge on any atom is -0.355 e. The summed E-state index contributed by atoms with van der Waals surface area (Å²) in [6, 6.07) is 6.78. The van der Waals surface area contributed by atoms with E-state index in [1.807, 2.05) is 6.92 Å². The highest BCUT2D eigenvalue weighted by Crippen LogP contribution is 2.27. The van der Waals surface area contributed by atoms with E-state index in [-0.39, 0.29) is 23.4 Å². The van der Waals surface area contributed by atoms with Gasteiger partial charge in [0.15, 0.2) is 0 Å². The first-order valence-corrected chi connectivity index (χ1v) is 11.1. The average molecular weight is 381 g/mol. The van der Waals surface area contributed by atoms with Crippen molar-refractivity contribution in [1.29, 1.82) is 0 Å². The minimum absolute atomic E-state index is 0.0918. The fraction of sp³-hybridized carbons (Fsp3) is 0.650. The van der Waals surface area contributed by atoms with Gasteiger partial charge in [-0.2, -0.15) is 4.31 Å². The summed E-state index contributed by atoms with van der Waals surface area (Å²) in [7, 11) is -3.68. The highest BCUT2D eigenvalue weighted by atomic mass is 32.2. The Morgan fingerprint density at radius 3 is 2.35 bits per heavy atom. The summed E-state index contributed by atoms with van der Waals surface area (Å²) >= 11 is 0. The summed E-state index contributed by atoms with van der Waals surface area (Å²) in [5.41, 5.74) is 1.01. The normalized spacial score (nSPS) is 16.2. The van der Waals surface area contributed by atoms with E-state index >= 15 is 0 Å². The molecule has 1 saturated carbocycles. The predicted octanol–water partition coefficient (Wildman–Crippen LogP) is 3.48. The lowest BCUT2D eigenvalue weighted by atomic mass is 9.95. The lowest BCUT2D eigenvalue weighted by Crippen LogP contribution is -2.47. The summed E-state index contributed by atoms with van der Waals surface area (Å²) in [6.07, 6.45) is 5.70. The van der Waals surface area contributed by atoms with Crippen molar-refractivity contribution in [3.8, 4) is 0 Å². The van der Waals surface area contributed by atoms with E-state index < -0.39 is 10.0 Å². The van der Waals surface area contributed by atoms with Gasteiger partial charge in [0.1, 0.15) is 0 Å². The quantitative estimate of drug-likeness (QED) is 0.751. The lowest BCUT2D eigenvalue weighted by Gasteiger charge is -2.33. The summed E-state index contributed by atoms with van der Waals surface area (Å²) in [5.74, 6) is 0.285. The molecule has 5 nitrogen and oxygen atoms in total. The molecule has 0 radical (unpaired) electrons. The second kappa shape index (κ2) is 9.51. The number of benzene rings is 1. The Labute approximate surface area is 158 Å². The van der Waals surface area contributed by atoms with Crippen LogP contribution in [0.3, 0.4) is 0 Å². The van der Waals surface area contributed by atoms with Gasteiger partial charge in [0.05, 0.1) is 11.4 Å². The van der Waals surface area contributed by atoms with Crippen LogP contribution in [0.15, 0.2) is 29.2 Å². The highest BCUT2D eigenvalue weighted by Gasteiger charge is 2.33. The van der Waals surface area contributed by atoms with Crippen molar-refractivity contribution < 1.29 is 13.2 Å². The molecule has 146 valence electrons. The molecule has 0 saturated heterocycles. The average Bonchev–Trinajstić information content (AvgIpc) is 2.60. The Bertz CT molecular complexity index is 678. The number of carbonyl (C=O) groups is 1. The zero-order chi connectivity index (χ0) is 19.2. The Morgan fingerprint density at radius 1 is 1.15 bits per heavy atom. The molecule has 1 fully saturated rings. The van der Waals surface area contributed by atoms with Crippen molar-refractivity contribution in [2.45, 2.75) is 70.2 Å². The third-order valence-corrected chi connectivity index (χ3v) is 6.87. The van der Waals surface area contributed by atoms with E-state index in [0.29, 0.717) is 12.5 Å². The number of hydrogen-bond acceptors (Lipinski definition) is 3. The van der Waals surface area contributed by atoms with Crippen LogP contribution >= 0.6 is 0 Å². The van der Waals surface area contributed by atoms with Crippen molar-refractivity contribution in [1.82, 2.24) is 9.62 Å². The molecule has 0 bridgehead atoms. The molecule has 1 aliphatic rings. The summed E-state index contributed by atoms with van der Waals surface area (Å²) in [5, 5.41) is 2.87. The van der Waals surface area contributed by atoms with E-state index in [9.17, 15) is 13.2 Å². The first-order chi connectivity index (χ1) is 12.3. The molecule has 1 N–H and O–H groups in total. The standard InChI is InChI=1S/C20H32N2O3S/c1-16(2)13-14-21-20(23)15-22(18-7-5-4-6-8-18)26(24,25)19-11-9-17(3)10-12-19/h9-12,16,18H,4-8,13-15H2,1-3H3,(H,21,23). The molecule has 1 aliphatic carbocycles. The van der Waals surface area contributed by atoms with Crippen LogP contribution in [0.5, 0.6) is 0 Å². The van der Waals surface area contributed by atoms with Crippen LogP contribution in [-0.2, 0) is 14.8 Å². The van der Waals surface area contributed by atoms with Crippen molar-refractivity contribution in [3.63, 3.8) is 0 Å². The first-order valence-electron chi connectivity index (χ1n) is 9.66. The van der Waals surface area contributed by atoms with E-state index in [1.165, 1.54) is 4.31 Å². The molecule has 1 aromatic carbocycles. The van der Waals surface area contributed by atoms with Crippen molar-refractivity contribution in [2.24, 2.45) is 5.92 Å². The van der Waals surface area contributed by atoms with E-state index in [1.54, 1.807) is 24.3 Å². The van der Waals surface area contributed by atoms with Gasteiger partial charge in [-0.15, -0.1) is 0 Å². The number of rotatable bonds is 8. The van der Waals surface area contributed by atoms with Gasteiger partial charge in [0, 0.05) is 12.6 Å². The topological polar surface area (TPSA) is 66.5 Å². The monoisotopic (exact) mass is 380 g/mol. The van der Waals surface area contributed by atoms with Crippen LogP contribution in [0.1, 0.15) is 57.9 Å². The molecule has 1 aromatic rings. The van der Waals surface area contributed by atoms with Crippen molar-refractivity contribution in [2.75, 3.05) is 13.1 Å². The Morgan fingerprint density at radius 2 is 1.77 bits per heavy atom. The maximum Gasteiger partial charge on any atom is 0.243 e. The Balaban J connectivity index is 2.17. The summed E-state index contributed by atoms with van der Waals surface area (Å²) < 4.78 is 27.8. The molecule has 0 atom stereocenters. The van der Waals surface area contributed by atoms with E-state index in [2.05, 4.69) is 19.2 Å². The fourth-order valence-electron chi connectivity index (χ4n) is 3.32. The molecule has 0 unspecified atom stereocenters. The SMILES string of the molecule is Cc1ccc(S(=O)(=O)N(CC(=O)NCCC(C)C)C2CCCCC2)cc1. The largest absolute Gasteiger partial charge is 0.355 e. The maximum atomic E-state index is 13.2. The van der Waals surface area contributed by atoms with E-state index in [0.717, 1.165) is 44.1 Å². The van der Waals surface area contributed by atoms with Crippen LogP contribution in [0.25, 0.3) is 0 Å². The zero-order valence-electron chi connectivity index (χ0n) is 16.2. The molecule has 0 aliphatic heterocycles. The van der Waals surface area contributed by atoms with Crippen molar-refractivity contribution >= 4 is 15.9 Å². The third kappa shape index (κ3) is 5.81. The minimum atomic E-state index is -3.68. The highest BCUT2D eigenvalue weighted by molar-refractivity contribution is 7.89. The molecule has 0 heterocycles. The molecular weight excluding hydrogens is 348 g/mol. The zero-order valence-corrected chi connectivity index (χ0v) is 17.0. The van der Waals surface area contributed by atoms with Crippen LogP contribution in [-0.4, -0.2) is 37.8 Å². The summed E-state index contributed by atoms with van der Waals surface area (Å²) in [6.45, 7) is 6.61. The van der Waals surface area contributed by atoms with Gasteiger partial charge in [0.25, 0.3) is 0 Å². The Hall–Kier alpha value is -1.40. The van der Waals surface area contributed by atoms with Gasteiger partial charge < -0.3 is 5.32 Å². The van der Waals surface area contributed by atoms with Gasteiger partial charge in [-0.1, -0.05) is 50.8 Å². The smallest absolute Gasteiger partial charge is 0.243 e. The van der Waals surface area contributed by atoms with Crippen LogP contribution in [0.2, 0.25) is 0 Å². The van der Waals surface area contributed by atoms with Gasteiger partial charge in [-0.3, -0.25) is 4.79 Å². The van der Waals surface area contributed by atoms with Gasteiger partial charge >= 0.3 is 0 Å². The van der Waals surface area contributed by atoms with Crippen molar-refractivity contribution in [3.05, 3.63) is 29.8 Å². The third-order valence-electron chi connectivity index (χ3n) is 4.95.